The van der Waals surface area contributed by atoms with E-state index < -0.39 is 12.3 Å². The van der Waals surface area contributed by atoms with E-state index in [-0.39, 0.29) is 20.5 Å². The number of hydrogen-bond acceptors (Lipinski definition) is 3. The Balaban J connectivity index is 2.33. The molecule has 1 heterocycles. The lowest BCUT2D eigenvalue weighted by molar-refractivity contribution is 0.117. The first-order chi connectivity index (χ1) is 4.74. The van der Waals surface area contributed by atoms with Crippen molar-refractivity contribution in [2.45, 2.75) is 12.3 Å². The van der Waals surface area contributed by atoms with E-state index in [0.717, 1.165) is 0 Å². The second kappa shape index (κ2) is 3.12. The number of carbonyl (C=O) groups excluding carboxylic acids is 1. The summed E-state index contributed by atoms with van der Waals surface area (Å²) in [5, 5.41) is 8.86. The van der Waals surface area contributed by atoms with Gasteiger partial charge < -0.3 is 14.7 Å². The molecule has 0 aliphatic carbocycles. The molecule has 0 unspecified atom stereocenters. The maximum atomic E-state index is 12.5. The molecule has 0 bridgehead atoms. The van der Waals surface area contributed by atoms with E-state index in [4.69, 9.17) is 5.11 Å². The molecular weight excluding hydrogens is 136 g/mol. The van der Waals surface area contributed by atoms with Gasteiger partial charge in [0, 0.05) is 13.1 Å². The molecule has 0 spiro atoms. The zero-order valence-electron chi connectivity index (χ0n) is 5.53. The molecular formula is C5H9BFNO2. The second-order valence-corrected chi connectivity index (χ2v) is 2.47. The van der Waals surface area contributed by atoms with E-state index >= 15 is 0 Å². The maximum absolute atomic E-state index is 12.5. The first-order valence-corrected chi connectivity index (χ1v) is 3.22. The molecule has 3 nitrogen and oxygen atoms in total. The zero-order valence-corrected chi connectivity index (χ0v) is 5.53. The third-order valence-electron chi connectivity index (χ3n) is 1.63. The second-order valence-electron chi connectivity index (χ2n) is 2.47. The Morgan fingerprint density at radius 1 is 1.70 bits per heavy atom. The van der Waals surface area contributed by atoms with Crippen molar-refractivity contribution < 1.29 is 14.3 Å². The summed E-state index contributed by atoms with van der Waals surface area (Å²) >= 11 is 0. The van der Waals surface area contributed by atoms with Crippen LogP contribution in [0.3, 0.4) is 0 Å². The van der Waals surface area contributed by atoms with Crippen LogP contribution >= 0.6 is 0 Å². The molecule has 1 rings (SSSR count). The van der Waals surface area contributed by atoms with Crippen LogP contribution in [0.2, 0.25) is 0 Å². The van der Waals surface area contributed by atoms with Crippen molar-refractivity contribution in [1.82, 2.24) is 4.81 Å². The van der Waals surface area contributed by atoms with Crippen LogP contribution < -0.4 is 0 Å². The van der Waals surface area contributed by atoms with Gasteiger partial charge in [0.1, 0.15) is 6.17 Å². The van der Waals surface area contributed by atoms with Gasteiger partial charge in [0.15, 0.2) is 0 Å². The highest BCUT2D eigenvalue weighted by atomic mass is 19.1. The lowest BCUT2D eigenvalue weighted by Gasteiger charge is -2.06. The zero-order chi connectivity index (χ0) is 7.56. The monoisotopic (exact) mass is 145 g/mol. The fourth-order valence-electron chi connectivity index (χ4n) is 1.08. The van der Waals surface area contributed by atoms with E-state index in [1.54, 1.807) is 4.81 Å². The largest absolute Gasteiger partial charge is 0.389 e. The maximum Gasteiger partial charge on any atom is 0.281 e. The van der Waals surface area contributed by atoms with E-state index in [9.17, 15) is 9.18 Å². The van der Waals surface area contributed by atoms with Crippen LogP contribution in [-0.4, -0.2) is 48.9 Å². The minimum atomic E-state index is -1.18. The minimum absolute atomic E-state index is 0.180. The van der Waals surface area contributed by atoms with Crippen molar-refractivity contribution in [2.75, 3.05) is 13.1 Å². The van der Waals surface area contributed by atoms with Crippen LogP contribution in [0.15, 0.2) is 0 Å². The Labute approximate surface area is 59.1 Å². The number of carbonyl (C=O) groups is 1. The lowest BCUT2D eigenvalue weighted by atomic mass is 9.96. The van der Waals surface area contributed by atoms with Gasteiger partial charge in [-0.25, -0.2) is 4.39 Å². The Bertz CT molecular complexity index is 125. The van der Waals surface area contributed by atoms with E-state index in [1.807, 2.05) is 0 Å². The lowest BCUT2D eigenvalue weighted by Crippen LogP contribution is -2.27. The number of aliphatic hydroxyl groups is 1. The van der Waals surface area contributed by atoms with Crippen molar-refractivity contribution in [3.05, 3.63) is 0 Å². The van der Waals surface area contributed by atoms with Crippen molar-refractivity contribution >= 4 is 13.6 Å². The van der Waals surface area contributed by atoms with Crippen molar-refractivity contribution in [3.8, 4) is 0 Å². The smallest absolute Gasteiger partial charge is 0.281 e. The van der Waals surface area contributed by atoms with E-state index in [1.165, 1.54) is 0 Å². The SMILES string of the molecule is O=CBN1C[C@H](O)[C@@H](F)C1. The quantitative estimate of drug-likeness (QED) is 0.381. The summed E-state index contributed by atoms with van der Waals surface area (Å²) in [6, 6.07) is 0. The molecule has 1 fully saturated rings. The van der Waals surface area contributed by atoms with Crippen LogP contribution in [0.25, 0.3) is 0 Å². The number of alkyl halides is 1. The summed E-state index contributed by atoms with van der Waals surface area (Å²) in [6.45, 7) is 0.458. The van der Waals surface area contributed by atoms with Gasteiger partial charge in [-0.05, 0) is 0 Å². The summed E-state index contributed by atoms with van der Waals surface area (Å²) in [5.74, 6) is 0. The fourth-order valence-corrected chi connectivity index (χ4v) is 1.08. The fraction of sp³-hybridized carbons (Fsp3) is 0.800. The first-order valence-electron chi connectivity index (χ1n) is 3.22. The minimum Gasteiger partial charge on any atom is -0.389 e. The van der Waals surface area contributed by atoms with Crippen LogP contribution in [-0.2, 0) is 4.79 Å². The number of halogens is 1. The highest BCUT2D eigenvalue weighted by Gasteiger charge is 2.30. The Morgan fingerprint density at radius 3 is 2.80 bits per heavy atom. The van der Waals surface area contributed by atoms with Crippen LogP contribution in [0, 0.1) is 0 Å². The molecule has 1 aliphatic rings. The van der Waals surface area contributed by atoms with Gasteiger partial charge >= 0.3 is 0 Å². The third-order valence-corrected chi connectivity index (χ3v) is 1.63. The van der Waals surface area contributed by atoms with Crippen LogP contribution in [0.4, 0.5) is 4.39 Å². The predicted molar refractivity (Wildman–Crippen MR) is 36.4 cm³/mol. The van der Waals surface area contributed by atoms with Gasteiger partial charge in [0.05, 0.1) is 12.3 Å². The Kier molecular flexibility index (Phi) is 2.40. The number of nitrogens with zero attached hydrogens (tertiary/aromatic N) is 1. The van der Waals surface area contributed by atoms with Crippen molar-refractivity contribution in [2.24, 2.45) is 0 Å². The van der Waals surface area contributed by atoms with Crippen molar-refractivity contribution in [1.29, 1.82) is 0 Å². The average molecular weight is 145 g/mol. The number of β-amino-alcohol motifs (C(OH)–C–C–N with tert-alkyl or cyclic N) is 1. The molecule has 1 N–H and O–H groups in total. The van der Waals surface area contributed by atoms with Crippen LogP contribution in [0.1, 0.15) is 0 Å². The molecule has 0 aromatic heterocycles. The van der Waals surface area contributed by atoms with Gasteiger partial charge in [-0.1, -0.05) is 0 Å². The Hall–Kier alpha value is -0.415. The first kappa shape index (κ1) is 7.69. The van der Waals surface area contributed by atoms with Gasteiger partial charge in [0.25, 0.3) is 7.41 Å². The van der Waals surface area contributed by atoms with Gasteiger partial charge in [0.2, 0.25) is 0 Å². The summed E-state index contributed by atoms with van der Waals surface area (Å²) in [7, 11) is 0.220. The van der Waals surface area contributed by atoms with Gasteiger partial charge in [-0.15, -0.1) is 0 Å². The molecule has 1 aliphatic heterocycles. The number of hydrogen-bond donors (Lipinski definition) is 1. The molecule has 0 aromatic carbocycles. The van der Waals surface area contributed by atoms with Gasteiger partial charge in [-0.3, -0.25) is 0 Å². The molecule has 0 saturated carbocycles. The average Bonchev–Trinajstić information content (AvgIpc) is 2.14. The summed E-state index contributed by atoms with van der Waals surface area (Å²) in [5.41, 5.74) is 0. The molecule has 5 heteroatoms. The van der Waals surface area contributed by atoms with E-state index in [2.05, 4.69) is 0 Å². The molecule has 2 atom stereocenters. The van der Waals surface area contributed by atoms with Gasteiger partial charge in [-0.2, -0.15) is 0 Å². The van der Waals surface area contributed by atoms with Crippen LogP contribution in [0.5, 0.6) is 0 Å². The molecule has 56 valence electrons. The summed E-state index contributed by atoms with van der Waals surface area (Å²) in [6.07, 6.45) is -1.37. The normalized spacial score (nSPS) is 34.2. The predicted octanol–water partition coefficient (Wildman–Crippen LogP) is -1.46. The highest BCUT2D eigenvalue weighted by molar-refractivity contribution is 6.64. The number of rotatable bonds is 2. The summed E-state index contributed by atoms with van der Waals surface area (Å²) in [4.78, 5) is 11.5. The number of aliphatic hydroxyl groups excluding tert-OH is 1. The molecule has 1 saturated heterocycles. The third kappa shape index (κ3) is 1.55. The summed E-state index contributed by atoms with van der Waals surface area (Å²) < 4.78 is 12.5. The van der Waals surface area contributed by atoms with E-state index in [0.29, 0.717) is 6.19 Å². The standard InChI is InChI=1S/C5H9BFNO2/c7-4-1-8(6-3-9)2-5(4)10/h3-6,10H,1-2H2/t4-,5-/m0/s1. The molecule has 0 radical (unpaired) electrons. The molecule has 0 aromatic rings. The molecule has 10 heavy (non-hydrogen) atoms. The Morgan fingerprint density at radius 2 is 2.40 bits per heavy atom. The highest BCUT2D eigenvalue weighted by Crippen LogP contribution is 2.10. The van der Waals surface area contributed by atoms with Crippen molar-refractivity contribution in [3.63, 3.8) is 0 Å². The topological polar surface area (TPSA) is 40.5 Å². The molecule has 0 amide bonds.